The Morgan fingerprint density at radius 2 is 1.23 bits per heavy atom. The Hall–Kier alpha value is -1.80. The highest BCUT2D eigenvalue weighted by Gasteiger charge is 2.53. The van der Waals surface area contributed by atoms with Gasteiger partial charge in [0.2, 0.25) is 0 Å². The topological polar surface area (TPSA) is 75.6 Å². The smallest absolute Gasteiger partial charge is 0.399 e. The first-order chi connectivity index (χ1) is 14.4. The van der Waals surface area contributed by atoms with Crippen LogP contribution in [0.2, 0.25) is 0 Å². The average Bonchev–Trinajstić information content (AvgIpc) is 3.11. The third kappa shape index (κ3) is 4.85. The zero-order chi connectivity index (χ0) is 22.9. The van der Waals surface area contributed by atoms with Gasteiger partial charge >= 0.3 is 14.2 Å². The summed E-state index contributed by atoms with van der Waals surface area (Å²) in [6, 6.07) is 3.88. The van der Waals surface area contributed by atoms with Crippen LogP contribution in [0.4, 0.5) is 0 Å². The summed E-state index contributed by atoms with van der Waals surface area (Å²) in [5.41, 5.74) is 0.695. The first kappa shape index (κ1) is 23.9. The van der Waals surface area contributed by atoms with Crippen molar-refractivity contribution in [1.82, 2.24) is 15.0 Å². The maximum Gasteiger partial charge on any atom is 0.498 e. The fourth-order valence-corrected chi connectivity index (χ4v) is 3.37. The van der Waals surface area contributed by atoms with E-state index >= 15 is 0 Å². The van der Waals surface area contributed by atoms with Crippen LogP contribution < -0.4 is 10.9 Å². The van der Waals surface area contributed by atoms with Crippen molar-refractivity contribution >= 4 is 25.2 Å². The van der Waals surface area contributed by atoms with Gasteiger partial charge in [-0.15, -0.1) is 0 Å². The summed E-state index contributed by atoms with van der Waals surface area (Å²) in [5, 5.41) is 0. The minimum Gasteiger partial charge on any atom is -0.399 e. The van der Waals surface area contributed by atoms with Crippen molar-refractivity contribution in [2.24, 2.45) is 0 Å². The van der Waals surface area contributed by atoms with Crippen molar-refractivity contribution < 1.29 is 18.6 Å². The molecule has 0 amide bonds. The van der Waals surface area contributed by atoms with Gasteiger partial charge in [0.05, 0.1) is 22.4 Å². The Morgan fingerprint density at radius 3 is 1.71 bits per heavy atom. The molecule has 1 unspecified atom stereocenters. The van der Waals surface area contributed by atoms with Crippen molar-refractivity contribution in [3.63, 3.8) is 0 Å². The van der Waals surface area contributed by atoms with Crippen LogP contribution in [0.1, 0.15) is 61.8 Å². The molecule has 9 heteroatoms. The van der Waals surface area contributed by atoms with E-state index in [1.165, 1.54) is 6.33 Å². The fraction of sp³-hybridized carbons (Fsp3) is 0.591. The molecule has 0 aromatic carbocycles. The van der Waals surface area contributed by atoms with Gasteiger partial charge in [-0.3, -0.25) is 4.98 Å². The minimum atomic E-state index is -0.365. The number of hydrogen-bond acceptors (Lipinski definition) is 7. The van der Waals surface area contributed by atoms with Gasteiger partial charge in [-0.05, 0) is 61.0 Å². The molecule has 166 valence electrons. The summed E-state index contributed by atoms with van der Waals surface area (Å²) < 4.78 is 23.7. The Bertz CT molecular complexity index is 852. The third-order valence-electron chi connectivity index (χ3n) is 6.78. The lowest BCUT2D eigenvalue weighted by atomic mass is 9.80. The largest absolute Gasteiger partial charge is 0.498 e. The second-order valence-corrected chi connectivity index (χ2v) is 9.71. The molecule has 0 aliphatic carbocycles. The van der Waals surface area contributed by atoms with Crippen molar-refractivity contribution in [3.8, 4) is 0 Å². The van der Waals surface area contributed by atoms with Crippen molar-refractivity contribution in [2.75, 3.05) is 0 Å². The quantitative estimate of drug-likeness (QED) is 0.700. The van der Waals surface area contributed by atoms with Crippen molar-refractivity contribution in [1.29, 1.82) is 0 Å². The van der Waals surface area contributed by atoms with E-state index in [2.05, 4.69) is 42.6 Å². The van der Waals surface area contributed by atoms with Gasteiger partial charge in [0.15, 0.2) is 0 Å². The molecule has 1 atom stereocenters. The summed E-state index contributed by atoms with van der Waals surface area (Å²) in [7, 11) is -0.662. The highest BCUT2D eigenvalue weighted by Crippen LogP contribution is 2.39. The van der Waals surface area contributed by atoms with Gasteiger partial charge in [0.1, 0.15) is 6.33 Å². The second kappa shape index (κ2) is 8.62. The van der Waals surface area contributed by atoms with Crippen LogP contribution in [0.3, 0.4) is 0 Å². The van der Waals surface area contributed by atoms with Crippen LogP contribution in [-0.4, -0.2) is 51.6 Å². The maximum atomic E-state index is 6.04. The van der Waals surface area contributed by atoms with Crippen LogP contribution >= 0.6 is 0 Å². The van der Waals surface area contributed by atoms with E-state index in [-0.39, 0.29) is 36.6 Å². The SMILES string of the molecule is CC1(C)OB(c2cncnc2)OC1(C)C.CCC1(C)OB(c2cccnc2)OC1(C)C. The monoisotopic (exact) mass is 425 g/mol. The molecular weight excluding hydrogens is 392 g/mol. The van der Waals surface area contributed by atoms with Gasteiger partial charge in [-0.1, -0.05) is 13.0 Å². The van der Waals surface area contributed by atoms with E-state index < -0.39 is 0 Å². The molecule has 7 nitrogen and oxygen atoms in total. The summed E-state index contributed by atoms with van der Waals surface area (Å²) >= 11 is 0. The molecule has 0 radical (unpaired) electrons. The molecular formula is C22H33B2N3O4. The summed E-state index contributed by atoms with van der Waals surface area (Å²) in [4.78, 5) is 12.0. The highest BCUT2D eigenvalue weighted by atomic mass is 16.7. The van der Waals surface area contributed by atoms with E-state index in [9.17, 15) is 0 Å². The first-order valence-electron chi connectivity index (χ1n) is 10.8. The van der Waals surface area contributed by atoms with Crippen LogP contribution in [0, 0.1) is 0 Å². The number of pyridine rings is 1. The molecule has 2 aliphatic rings. The van der Waals surface area contributed by atoms with Crippen molar-refractivity contribution in [3.05, 3.63) is 43.2 Å². The molecule has 2 saturated heterocycles. The standard InChI is InChI=1S/C12H18BNO2.C10H15BN2O2/c1-5-12(4)11(2,3)15-13(16-12)10-7-6-8-14-9-10;1-9(2)10(3,4)15-11(14-9)8-5-12-7-13-6-8/h6-9H,5H2,1-4H3;5-7H,1-4H3. The number of aromatic nitrogens is 3. The molecule has 0 saturated carbocycles. The van der Waals surface area contributed by atoms with E-state index in [1.807, 2.05) is 39.8 Å². The van der Waals surface area contributed by atoms with Crippen LogP contribution in [0.5, 0.6) is 0 Å². The van der Waals surface area contributed by atoms with Crippen LogP contribution in [0.25, 0.3) is 0 Å². The minimum absolute atomic E-state index is 0.243. The van der Waals surface area contributed by atoms with Crippen LogP contribution in [0.15, 0.2) is 43.2 Å². The van der Waals surface area contributed by atoms with Gasteiger partial charge in [0.25, 0.3) is 0 Å². The molecule has 0 N–H and O–H groups in total. The molecule has 2 aromatic rings. The third-order valence-corrected chi connectivity index (χ3v) is 6.78. The molecule has 2 fully saturated rings. The van der Waals surface area contributed by atoms with Gasteiger partial charge in [0, 0.05) is 35.7 Å². The lowest BCUT2D eigenvalue weighted by Gasteiger charge is -2.35. The van der Waals surface area contributed by atoms with E-state index in [1.54, 1.807) is 24.8 Å². The van der Waals surface area contributed by atoms with Gasteiger partial charge in [-0.25, -0.2) is 9.97 Å². The lowest BCUT2D eigenvalue weighted by molar-refractivity contribution is -0.0118. The predicted molar refractivity (Wildman–Crippen MR) is 122 cm³/mol. The zero-order valence-electron chi connectivity index (χ0n) is 19.9. The Balaban J connectivity index is 0.000000176. The van der Waals surface area contributed by atoms with Crippen LogP contribution in [-0.2, 0) is 18.6 Å². The molecule has 4 rings (SSSR count). The molecule has 4 heterocycles. The second-order valence-electron chi connectivity index (χ2n) is 9.71. The highest BCUT2D eigenvalue weighted by molar-refractivity contribution is 6.62. The van der Waals surface area contributed by atoms with Crippen molar-refractivity contribution in [2.45, 2.75) is 84.2 Å². The molecule has 2 aliphatic heterocycles. The Kier molecular flexibility index (Phi) is 6.63. The first-order valence-corrected chi connectivity index (χ1v) is 10.8. The molecule has 2 aromatic heterocycles. The predicted octanol–water partition coefficient (Wildman–Crippen LogP) is 2.55. The molecule has 0 bridgehead atoms. The summed E-state index contributed by atoms with van der Waals surface area (Å²) in [6.45, 7) is 16.5. The van der Waals surface area contributed by atoms with E-state index in [0.717, 1.165) is 17.3 Å². The maximum absolute atomic E-state index is 6.04. The normalized spacial score (nSPS) is 25.8. The van der Waals surface area contributed by atoms with E-state index in [4.69, 9.17) is 18.6 Å². The summed E-state index contributed by atoms with van der Waals surface area (Å²) in [5.74, 6) is 0. The number of hydrogen-bond donors (Lipinski definition) is 0. The Labute approximate surface area is 186 Å². The van der Waals surface area contributed by atoms with Gasteiger partial charge < -0.3 is 18.6 Å². The fourth-order valence-electron chi connectivity index (χ4n) is 3.37. The molecule has 0 spiro atoms. The summed E-state index contributed by atoms with van der Waals surface area (Å²) in [6.07, 6.45) is 9.40. The van der Waals surface area contributed by atoms with E-state index in [0.29, 0.717) is 0 Å². The number of rotatable bonds is 3. The Morgan fingerprint density at radius 1 is 0.710 bits per heavy atom. The average molecular weight is 425 g/mol. The number of nitrogens with zero attached hydrogens (tertiary/aromatic N) is 3. The zero-order valence-corrected chi connectivity index (χ0v) is 19.9. The van der Waals surface area contributed by atoms with Gasteiger partial charge in [-0.2, -0.15) is 0 Å². The lowest BCUT2D eigenvalue weighted by Crippen LogP contribution is -2.44. The molecule has 31 heavy (non-hydrogen) atoms.